The van der Waals surface area contributed by atoms with Crippen molar-refractivity contribution in [3.8, 4) is 0 Å². The van der Waals surface area contributed by atoms with Crippen LogP contribution in [0, 0.1) is 11.7 Å². The topological polar surface area (TPSA) is 72.8 Å². The number of rotatable bonds is 7. The van der Waals surface area contributed by atoms with Gasteiger partial charge < -0.3 is 14.6 Å². The highest BCUT2D eigenvalue weighted by Crippen LogP contribution is 2.13. The predicted octanol–water partition coefficient (Wildman–Crippen LogP) is 2.77. The van der Waals surface area contributed by atoms with Gasteiger partial charge in [0.05, 0.1) is 25.6 Å². The molecule has 0 unspecified atom stereocenters. The molecule has 0 bridgehead atoms. The summed E-state index contributed by atoms with van der Waals surface area (Å²) in [5.74, 6) is -3.03. The number of carbonyl (C=O) groups excluding carboxylic acids is 1. The maximum absolute atomic E-state index is 12.8. The highest BCUT2D eigenvalue weighted by molar-refractivity contribution is 5.79. The first kappa shape index (κ1) is 18.1. The summed E-state index contributed by atoms with van der Waals surface area (Å²) in [4.78, 5) is 22.8. The average molecular weight is 312 g/mol. The summed E-state index contributed by atoms with van der Waals surface area (Å²) in [6.07, 6.45) is -0.254. The number of carboxylic acids is 1. The first-order valence-electron chi connectivity index (χ1n) is 6.94. The molecule has 5 nitrogen and oxygen atoms in total. The van der Waals surface area contributed by atoms with E-state index in [1.807, 2.05) is 0 Å². The molecule has 1 N–H and O–H groups in total. The number of halogens is 1. The zero-order valence-corrected chi connectivity index (χ0v) is 13.0. The van der Waals surface area contributed by atoms with E-state index in [9.17, 15) is 14.0 Å². The third-order valence-electron chi connectivity index (χ3n) is 2.68. The molecular weight excluding hydrogens is 291 g/mol. The average Bonchev–Trinajstić information content (AvgIpc) is 2.37. The summed E-state index contributed by atoms with van der Waals surface area (Å²) in [5.41, 5.74) is 0.0672. The van der Waals surface area contributed by atoms with Gasteiger partial charge >= 0.3 is 11.9 Å². The lowest BCUT2D eigenvalue weighted by Gasteiger charge is -2.21. The Morgan fingerprint density at radius 3 is 2.32 bits per heavy atom. The van der Waals surface area contributed by atoms with E-state index >= 15 is 0 Å². The fourth-order valence-corrected chi connectivity index (χ4v) is 1.70. The Hall–Kier alpha value is -1.95. The molecule has 1 atom stereocenters. The van der Waals surface area contributed by atoms with Crippen LogP contribution in [0.15, 0.2) is 24.3 Å². The molecule has 1 aromatic rings. The summed E-state index contributed by atoms with van der Waals surface area (Å²) in [5, 5.41) is 9.12. The van der Waals surface area contributed by atoms with Crippen LogP contribution in [-0.2, 0) is 25.7 Å². The molecular formula is C16H21FO5. The Morgan fingerprint density at radius 1 is 1.23 bits per heavy atom. The Morgan fingerprint density at radius 2 is 1.82 bits per heavy atom. The van der Waals surface area contributed by atoms with Crippen LogP contribution >= 0.6 is 0 Å². The lowest BCUT2D eigenvalue weighted by atomic mass is 10.1. The molecule has 0 aliphatic rings. The normalized spacial score (nSPS) is 12.7. The summed E-state index contributed by atoms with van der Waals surface area (Å²) < 4.78 is 23.2. The fourth-order valence-electron chi connectivity index (χ4n) is 1.70. The maximum atomic E-state index is 12.8. The van der Waals surface area contributed by atoms with Crippen LogP contribution in [0.2, 0.25) is 0 Å². The minimum absolute atomic E-state index is 0.119. The highest BCUT2D eigenvalue weighted by atomic mass is 19.1. The molecule has 1 aromatic carbocycles. The standard InChI is InChI=1S/C16H21FO5/c1-16(2,3)22-14(18)8-12(15(19)20)10-21-9-11-4-6-13(17)7-5-11/h4-7,12H,8-10H2,1-3H3,(H,19,20)/t12-/m1/s1. The molecule has 6 heteroatoms. The van der Waals surface area contributed by atoms with Crippen molar-refractivity contribution in [3.05, 3.63) is 35.6 Å². The molecule has 1 rings (SSSR count). The van der Waals surface area contributed by atoms with E-state index < -0.39 is 23.5 Å². The summed E-state index contributed by atoms with van der Waals surface area (Å²) >= 11 is 0. The van der Waals surface area contributed by atoms with Crippen LogP contribution in [0.5, 0.6) is 0 Å². The number of carboxylic acid groups (broad SMARTS) is 1. The molecule has 0 radical (unpaired) electrons. The molecule has 0 amide bonds. The van der Waals surface area contributed by atoms with Crippen molar-refractivity contribution in [2.75, 3.05) is 6.61 Å². The lowest BCUT2D eigenvalue weighted by molar-refractivity contribution is -0.161. The van der Waals surface area contributed by atoms with Gasteiger partial charge in [0.2, 0.25) is 0 Å². The van der Waals surface area contributed by atoms with Crippen molar-refractivity contribution >= 4 is 11.9 Å². The van der Waals surface area contributed by atoms with Crippen molar-refractivity contribution in [2.45, 2.75) is 39.4 Å². The molecule has 0 saturated heterocycles. The molecule has 0 aromatic heterocycles. The Balaban J connectivity index is 2.46. The summed E-state index contributed by atoms with van der Waals surface area (Å²) in [6, 6.07) is 5.71. The van der Waals surface area contributed by atoms with E-state index in [1.54, 1.807) is 32.9 Å². The molecule has 22 heavy (non-hydrogen) atoms. The van der Waals surface area contributed by atoms with E-state index in [4.69, 9.17) is 14.6 Å². The first-order chi connectivity index (χ1) is 10.2. The molecule has 0 fully saturated rings. The Kier molecular flexibility index (Phi) is 6.49. The number of carbonyl (C=O) groups is 2. The van der Waals surface area contributed by atoms with E-state index in [-0.39, 0.29) is 25.5 Å². The van der Waals surface area contributed by atoms with Gasteiger partial charge in [0, 0.05) is 0 Å². The van der Waals surface area contributed by atoms with Gasteiger partial charge in [-0.25, -0.2) is 4.39 Å². The van der Waals surface area contributed by atoms with Gasteiger partial charge in [-0.15, -0.1) is 0 Å². The largest absolute Gasteiger partial charge is 0.481 e. The number of benzene rings is 1. The Bertz CT molecular complexity index is 504. The van der Waals surface area contributed by atoms with Crippen molar-refractivity contribution in [2.24, 2.45) is 5.92 Å². The molecule has 122 valence electrons. The summed E-state index contributed by atoms with van der Waals surface area (Å²) in [6.45, 7) is 5.17. The quantitative estimate of drug-likeness (QED) is 0.784. The molecule has 0 aliphatic carbocycles. The van der Waals surface area contributed by atoms with Gasteiger partial charge in [-0.05, 0) is 38.5 Å². The smallest absolute Gasteiger partial charge is 0.309 e. The van der Waals surface area contributed by atoms with Crippen LogP contribution < -0.4 is 0 Å². The van der Waals surface area contributed by atoms with E-state index in [2.05, 4.69) is 0 Å². The second-order valence-corrected chi connectivity index (χ2v) is 5.97. The molecule has 0 spiro atoms. The van der Waals surface area contributed by atoms with Gasteiger partial charge in [-0.2, -0.15) is 0 Å². The lowest BCUT2D eigenvalue weighted by Crippen LogP contribution is -2.29. The third kappa shape index (κ3) is 7.17. The zero-order valence-electron chi connectivity index (χ0n) is 13.0. The number of hydrogen-bond acceptors (Lipinski definition) is 4. The first-order valence-corrected chi connectivity index (χ1v) is 6.94. The van der Waals surface area contributed by atoms with Crippen molar-refractivity contribution in [1.29, 1.82) is 0 Å². The van der Waals surface area contributed by atoms with Gasteiger partial charge in [-0.1, -0.05) is 12.1 Å². The van der Waals surface area contributed by atoms with E-state index in [0.29, 0.717) is 0 Å². The minimum atomic E-state index is -1.12. The van der Waals surface area contributed by atoms with Gasteiger partial charge in [0.25, 0.3) is 0 Å². The van der Waals surface area contributed by atoms with Crippen LogP contribution in [0.25, 0.3) is 0 Å². The van der Waals surface area contributed by atoms with Crippen molar-refractivity contribution in [3.63, 3.8) is 0 Å². The van der Waals surface area contributed by atoms with E-state index in [1.165, 1.54) is 12.1 Å². The number of aliphatic carboxylic acids is 1. The minimum Gasteiger partial charge on any atom is -0.481 e. The number of hydrogen-bond donors (Lipinski definition) is 1. The van der Waals surface area contributed by atoms with Crippen LogP contribution in [0.4, 0.5) is 4.39 Å². The predicted molar refractivity (Wildman–Crippen MR) is 77.6 cm³/mol. The fraction of sp³-hybridized carbons (Fsp3) is 0.500. The number of ether oxygens (including phenoxy) is 2. The molecule has 0 aliphatic heterocycles. The third-order valence-corrected chi connectivity index (χ3v) is 2.68. The van der Waals surface area contributed by atoms with Gasteiger partial charge in [0.1, 0.15) is 11.4 Å². The SMILES string of the molecule is CC(C)(C)OC(=O)C[C@H](COCc1ccc(F)cc1)C(=O)O. The van der Waals surface area contributed by atoms with Crippen molar-refractivity contribution < 1.29 is 28.6 Å². The van der Waals surface area contributed by atoms with Crippen LogP contribution in [0.3, 0.4) is 0 Å². The zero-order chi connectivity index (χ0) is 16.8. The molecule has 0 saturated carbocycles. The Labute approximate surface area is 129 Å². The van der Waals surface area contributed by atoms with Crippen LogP contribution in [-0.4, -0.2) is 29.3 Å². The second kappa shape index (κ2) is 7.89. The van der Waals surface area contributed by atoms with Gasteiger partial charge in [0.15, 0.2) is 0 Å². The van der Waals surface area contributed by atoms with Crippen LogP contribution in [0.1, 0.15) is 32.8 Å². The van der Waals surface area contributed by atoms with Gasteiger partial charge in [-0.3, -0.25) is 9.59 Å². The number of esters is 1. The monoisotopic (exact) mass is 312 g/mol. The van der Waals surface area contributed by atoms with Crippen molar-refractivity contribution in [1.82, 2.24) is 0 Å². The van der Waals surface area contributed by atoms with E-state index in [0.717, 1.165) is 5.56 Å². The second-order valence-electron chi connectivity index (χ2n) is 5.97. The molecule has 0 heterocycles. The maximum Gasteiger partial charge on any atom is 0.309 e. The summed E-state index contributed by atoms with van der Waals surface area (Å²) in [7, 11) is 0. The highest BCUT2D eigenvalue weighted by Gasteiger charge is 2.25.